The second-order valence-corrected chi connectivity index (χ2v) is 8.89. The van der Waals surface area contributed by atoms with E-state index in [1.165, 1.54) is 11.0 Å². The van der Waals surface area contributed by atoms with E-state index in [0.29, 0.717) is 23.2 Å². The van der Waals surface area contributed by atoms with E-state index >= 15 is 0 Å². The van der Waals surface area contributed by atoms with Gasteiger partial charge in [0.2, 0.25) is 0 Å². The Morgan fingerprint density at radius 3 is 2.54 bits per heavy atom. The van der Waals surface area contributed by atoms with Crippen LogP contribution >= 0.6 is 0 Å². The number of para-hydroxylation sites is 1. The zero-order valence-electron chi connectivity index (χ0n) is 15.3. The first-order valence-corrected chi connectivity index (χ1v) is 10.5. The molecule has 28 heavy (non-hydrogen) atoms. The fourth-order valence-electron chi connectivity index (χ4n) is 3.13. The minimum atomic E-state index is -3.10. The number of nitrogens with one attached hydrogen (secondary N) is 1. The molecule has 1 fully saturated rings. The van der Waals surface area contributed by atoms with Crippen molar-refractivity contribution in [3.8, 4) is 6.07 Å². The van der Waals surface area contributed by atoms with Gasteiger partial charge in [-0.25, -0.2) is 8.42 Å². The van der Waals surface area contributed by atoms with Gasteiger partial charge in [0.25, 0.3) is 11.8 Å². The van der Waals surface area contributed by atoms with Crippen LogP contribution < -0.4 is 5.32 Å². The highest BCUT2D eigenvalue weighted by Gasteiger charge is 2.33. The van der Waals surface area contributed by atoms with Crippen LogP contribution in [-0.2, 0) is 9.84 Å². The zero-order chi connectivity index (χ0) is 20.3. The molecular weight excluding hydrogens is 378 g/mol. The van der Waals surface area contributed by atoms with Gasteiger partial charge in [-0.2, -0.15) is 5.26 Å². The number of nitrogens with zero attached hydrogens (tertiary/aromatic N) is 2. The Morgan fingerprint density at radius 1 is 1.14 bits per heavy atom. The summed E-state index contributed by atoms with van der Waals surface area (Å²) < 4.78 is 23.3. The molecule has 0 radical (unpaired) electrons. The standard InChI is InChI=1S/C20H19N3O4S/c1-23(17-9-10-28(26,27)13-17)20(25)15-7-4-6-14(11-15)19(24)22-18-8-3-2-5-16(18)12-21/h2-8,11,17H,9-10,13H2,1H3,(H,22,24). The molecule has 0 bridgehead atoms. The summed E-state index contributed by atoms with van der Waals surface area (Å²) in [5.74, 6) is -0.742. The van der Waals surface area contributed by atoms with Crippen LogP contribution in [0, 0.1) is 11.3 Å². The van der Waals surface area contributed by atoms with E-state index < -0.39 is 15.7 Å². The first kappa shape index (κ1) is 19.6. The van der Waals surface area contributed by atoms with Crippen molar-refractivity contribution in [1.82, 2.24) is 4.90 Å². The number of carbonyl (C=O) groups is 2. The van der Waals surface area contributed by atoms with Gasteiger partial charge in [-0.3, -0.25) is 9.59 Å². The average molecular weight is 397 g/mol. The molecule has 2 aromatic carbocycles. The third kappa shape index (κ3) is 4.21. The lowest BCUT2D eigenvalue weighted by atomic mass is 10.1. The maximum atomic E-state index is 12.7. The summed E-state index contributed by atoms with van der Waals surface area (Å²) >= 11 is 0. The topological polar surface area (TPSA) is 107 Å². The van der Waals surface area contributed by atoms with Gasteiger partial charge in [0.05, 0.1) is 22.8 Å². The SMILES string of the molecule is CN(C(=O)c1cccc(C(=O)Nc2ccccc2C#N)c1)C1CCS(=O)(=O)C1. The van der Waals surface area contributed by atoms with E-state index in [1.807, 2.05) is 6.07 Å². The van der Waals surface area contributed by atoms with Crippen LogP contribution in [0.1, 0.15) is 32.7 Å². The summed E-state index contributed by atoms with van der Waals surface area (Å²) in [6.07, 6.45) is 0.412. The van der Waals surface area contributed by atoms with Gasteiger partial charge in [-0.05, 0) is 36.8 Å². The molecule has 0 spiro atoms. The molecule has 1 aliphatic heterocycles. The van der Waals surface area contributed by atoms with Crippen molar-refractivity contribution in [3.05, 3.63) is 65.2 Å². The predicted octanol–water partition coefficient (Wildman–Crippen LogP) is 2.07. The number of amides is 2. The van der Waals surface area contributed by atoms with E-state index in [0.717, 1.165) is 0 Å². The number of rotatable bonds is 4. The lowest BCUT2D eigenvalue weighted by Gasteiger charge is -2.23. The van der Waals surface area contributed by atoms with Crippen molar-refractivity contribution in [3.63, 3.8) is 0 Å². The maximum absolute atomic E-state index is 12.7. The molecule has 3 rings (SSSR count). The first-order chi connectivity index (χ1) is 13.3. The monoisotopic (exact) mass is 397 g/mol. The van der Waals surface area contributed by atoms with Crippen LogP contribution in [0.5, 0.6) is 0 Å². The Morgan fingerprint density at radius 2 is 1.86 bits per heavy atom. The number of sulfone groups is 1. The van der Waals surface area contributed by atoms with E-state index in [4.69, 9.17) is 5.26 Å². The lowest BCUT2D eigenvalue weighted by Crippen LogP contribution is -2.37. The Balaban J connectivity index is 1.77. The number of hydrogen-bond donors (Lipinski definition) is 1. The van der Waals surface area contributed by atoms with Crippen LogP contribution in [0.25, 0.3) is 0 Å². The predicted molar refractivity (Wildman–Crippen MR) is 105 cm³/mol. The highest BCUT2D eigenvalue weighted by Crippen LogP contribution is 2.20. The summed E-state index contributed by atoms with van der Waals surface area (Å²) in [4.78, 5) is 26.7. The lowest BCUT2D eigenvalue weighted by molar-refractivity contribution is 0.0747. The molecule has 7 nitrogen and oxygen atoms in total. The van der Waals surface area contributed by atoms with Gasteiger partial charge in [-0.15, -0.1) is 0 Å². The largest absolute Gasteiger partial charge is 0.338 e. The molecule has 2 aromatic rings. The van der Waals surface area contributed by atoms with E-state index in [9.17, 15) is 18.0 Å². The third-order valence-electron chi connectivity index (χ3n) is 4.74. The Labute approximate surface area is 163 Å². The summed E-state index contributed by atoms with van der Waals surface area (Å²) in [5, 5.41) is 11.8. The number of nitriles is 1. The van der Waals surface area contributed by atoms with Crippen LogP contribution in [0.4, 0.5) is 5.69 Å². The van der Waals surface area contributed by atoms with Crippen molar-refractivity contribution >= 4 is 27.3 Å². The Kier molecular flexibility index (Phi) is 5.47. The van der Waals surface area contributed by atoms with Gasteiger partial charge >= 0.3 is 0 Å². The maximum Gasteiger partial charge on any atom is 0.255 e. The summed E-state index contributed by atoms with van der Waals surface area (Å²) in [6, 6.07) is 14.5. The van der Waals surface area contributed by atoms with E-state index in [2.05, 4.69) is 5.32 Å². The van der Waals surface area contributed by atoms with Crippen LogP contribution in [0.2, 0.25) is 0 Å². The number of carbonyl (C=O) groups excluding carboxylic acids is 2. The summed E-state index contributed by atoms with van der Waals surface area (Å²) in [5.41, 5.74) is 1.30. The van der Waals surface area contributed by atoms with Gasteiger partial charge < -0.3 is 10.2 Å². The molecule has 1 atom stereocenters. The van der Waals surface area contributed by atoms with Crippen LogP contribution in [0.15, 0.2) is 48.5 Å². The van der Waals surface area contributed by atoms with Crippen molar-refractivity contribution in [2.24, 2.45) is 0 Å². The minimum absolute atomic E-state index is 0.0413. The van der Waals surface area contributed by atoms with E-state index in [-0.39, 0.29) is 29.0 Å². The van der Waals surface area contributed by atoms with Crippen LogP contribution in [-0.4, -0.2) is 49.7 Å². The van der Waals surface area contributed by atoms with Crippen molar-refractivity contribution < 1.29 is 18.0 Å². The average Bonchev–Trinajstić information content (AvgIpc) is 3.07. The molecule has 1 saturated heterocycles. The Hall–Kier alpha value is -3.18. The second-order valence-electron chi connectivity index (χ2n) is 6.67. The molecule has 0 aliphatic carbocycles. The zero-order valence-corrected chi connectivity index (χ0v) is 16.1. The third-order valence-corrected chi connectivity index (χ3v) is 6.49. The molecule has 1 N–H and O–H groups in total. The van der Waals surface area contributed by atoms with Gasteiger partial charge in [-0.1, -0.05) is 18.2 Å². The quantitative estimate of drug-likeness (QED) is 0.850. The molecule has 0 saturated carbocycles. The van der Waals surface area contributed by atoms with Gasteiger partial charge in [0.1, 0.15) is 6.07 Å². The molecule has 1 heterocycles. The molecular formula is C20H19N3O4S. The number of anilines is 1. The fraction of sp³-hybridized carbons (Fsp3) is 0.250. The van der Waals surface area contributed by atoms with Crippen molar-refractivity contribution in [1.29, 1.82) is 5.26 Å². The molecule has 1 unspecified atom stereocenters. The summed E-state index contributed by atoms with van der Waals surface area (Å²) in [7, 11) is -1.53. The van der Waals surface area contributed by atoms with Gasteiger partial charge in [0.15, 0.2) is 9.84 Å². The molecule has 8 heteroatoms. The van der Waals surface area contributed by atoms with Gasteiger partial charge in [0, 0.05) is 24.2 Å². The highest BCUT2D eigenvalue weighted by molar-refractivity contribution is 7.91. The molecule has 144 valence electrons. The van der Waals surface area contributed by atoms with Crippen molar-refractivity contribution in [2.45, 2.75) is 12.5 Å². The second kappa shape index (κ2) is 7.82. The molecule has 0 aromatic heterocycles. The normalized spacial score (nSPS) is 17.5. The van der Waals surface area contributed by atoms with E-state index in [1.54, 1.807) is 49.5 Å². The number of benzene rings is 2. The van der Waals surface area contributed by atoms with Crippen molar-refractivity contribution in [2.75, 3.05) is 23.9 Å². The molecule has 1 aliphatic rings. The number of hydrogen-bond acceptors (Lipinski definition) is 5. The van der Waals surface area contributed by atoms with Crippen LogP contribution in [0.3, 0.4) is 0 Å². The first-order valence-electron chi connectivity index (χ1n) is 8.69. The summed E-state index contributed by atoms with van der Waals surface area (Å²) in [6.45, 7) is 0. The Bertz CT molecular complexity index is 1070. The highest BCUT2D eigenvalue weighted by atomic mass is 32.2. The minimum Gasteiger partial charge on any atom is -0.338 e. The smallest absolute Gasteiger partial charge is 0.255 e. The fourth-order valence-corrected chi connectivity index (χ4v) is 4.90. The molecule has 2 amide bonds.